The Morgan fingerprint density at radius 3 is 1.94 bits per heavy atom. The molecule has 2 aliphatic rings. The van der Waals surface area contributed by atoms with E-state index >= 15 is 0 Å². The minimum absolute atomic E-state index is 0.920. The van der Waals surface area contributed by atoms with E-state index in [0.29, 0.717) is 0 Å². The van der Waals surface area contributed by atoms with Gasteiger partial charge in [0.25, 0.3) is 0 Å². The fourth-order valence-electron chi connectivity index (χ4n) is 4.20. The summed E-state index contributed by atoms with van der Waals surface area (Å²) in [6, 6.07) is 0. The zero-order valence-corrected chi connectivity index (χ0v) is 11.4. The van der Waals surface area contributed by atoms with Crippen LogP contribution in [-0.4, -0.2) is 0 Å². The van der Waals surface area contributed by atoms with Gasteiger partial charge >= 0.3 is 0 Å². The van der Waals surface area contributed by atoms with Crippen LogP contribution < -0.4 is 0 Å². The molecular weight excluding hydrogens is 192 g/mol. The van der Waals surface area contributed by atoms with E-state index in [1.54, 1.807) is 6.42 Å². The second-order valence-electron chi connectivity index (χ2n) is 6.69. The summed E-state index contributed by atoms with van der Waals surface area (Å²) in [5, 5.41) is 0. The van der Waals surface area contributed by atoms with E-state index in [1.165, 1.54) is 57.8 Å². The third-order valence-corrected chi connectivity index (χ3v) is 5.19. The van der Waals surface area contributed by atoms with Crippen LogP contribution in [0.3, 0.4) is 0 Å². The van der Waals surface area contributed by atoms with Gasteiger partial charge in [-0.2, -0.15) is 0 Å². The Morgan fingerprint density at radius 2 is 1.38 bits per heavy atom. The Morgan fingerprint density at radius 1 is 0.812 bits per heavy atom. The SMILES string of the molecule is CC(C)C(CC1CCCC1)C1CCCCC1. The van der Waals surface area contributed by atoms with Gasteiger partial charge in [-0.05, 0) is 30.1 Å². The molecule has 2 saturated carbocycles. The van der Waals surface area contributed by atoms with Gasteiger partial charge in [0.2, 0.25) is 0 Å². The fourth-order valence-corrected chi connectivity index (χ4v) is 4.20. The Balaban J connectivity index is 1.87. The second kappa shape index (κ2) is 6.07. The predicted molar refractivity (Wildman–Crippen MR) is 71.5 cm³/mol. The normalized spacial score (nSPS) is 26.4. The van der Waals surface area contributed by atoms with Gasteiger partial charge in [-0.1, -0.05) is 71.6 Å². The summed E-state index contributed by atoms with van der Waals surface area (Å²) in [6.45, 7) is 4.93. The first-order chi connectivity index (χ1) is 7.77. The third kappa shape index (κ3) is 3.25. The van der Waals surface area contributed by atoms with E-state index in [2.05, 4.69) is 13.8 Å². The monoisotopic (exact) mass is 222 g/mol. The van der Waals surface area contributed by atoms with Gasteiger partial charge in [0.1, 0.15) is 0 Å². The molecule has 2 aliphatic carbocycles. The zero-order valence-electron chi connectivity index (χ0n) is 11.4. The van der Waals surface area contributed by atoms with Crippen LogP contribution in [0, 0.1) is 23.7 Å². The summed E-state index contributed by atoms with van der Waals surface area (Å²) in [6.07, 6.45) is 15.3. The van der Waals surface area contributed by atoms with Crippen LogP contribution in [0.5, 0.6) is 0 Å². The highest BCUT2D eigenvalue weighted by molar-refractivity contribution is 4.80. The quantitative estimate of drug-likeness (QED) is 0.596. The molecule has 0 nitrogen and oxygen atoms in total. The Hall–Kier alpha value is 0. The molecule has 0 aromatic carbocycles. The van der Waals surface area contributed by atoms with Gasteiger partial charge in [0.05, 0.1) is 0 Å². The zero-order chi connectivity index (χ0) is 11.4. The molecule has 2 rings (SSSR count). The first-order valence-electron chi connectivity index (χ1n) is 7.77. The van der Waals surface area contributed by atoms with Crippen LogP contribution >= 0.6 is 0 Å². The Bertz CT molecular complexity index is 182. The molecule has 0 aromatic heterocycles. The molecule has 16 heavy (non-hydrogen) atoms. The van der Waals surface area contributed by atoms with Crippen LogP contribution in [0.2, 0.25) is 0 Å². The Kier molecular flexibility index (Phi) is 4.73. The van der Waals surface area contributed by atoms with Crippen LogP contribution in [0.25, 0.3) is 0 Å². The fraction of sp³-hybridized carbons (Fsp3) is 1.00. The van der Waals surface area contributed by atoms with Crippen molar-refractivity contribution >= 4 is 0 Å². The second-order valence-corrected chi connectivity index (χ2v) is 6.69. The van der Waals surface area contributed by atoms with Crippen molar-refractivity contribution in [2.75, 3.05) is 0 Å². The number of rotatable bonds is 4. The summed E-state index contributed by atoms with van der Waals surface area (Å²) >= 11 is 0. The smallest absolute Gasteiger partial charge is 0.0360 e. The van der Waals surface area contributed by atoms with Crippen molar-refractivity contribution in [3.63, 3.8) is 0 Å². The summed E-state index contributed by atoms with van der Waals surface area (Å²) < 4.78 is 0. The van der Waals surface area contributed by atoms with Crippen molar-refractivity contribution in [2.24, 2.45) is 23.7 Å². The van der Waals surface area contributed by atoms with Gasteiger partial charge in [-0.3, -0.25) is 0 Å². The van der Waals surface area contributed by atoms with E-state index in [-0.39, 0.29) is 0 Å². The molecule has 0 aliphatic heterocycles. The van der Waals surface area contributed by atoms with Crippen molar-refractivity contribution in [3.8, 4) is 0 Å². The molecule has 0 amide bonds. The largest absolute Gasteiger partial charge is 0.0625 e. The summed E-state index contributed by atoms with van der Waals surface area (Å²) in [5.41, 5.74) is 0. The molecule has 0 bridgehead atoms. The highest BCUT2D eigenvalue weighted by Gasteiger charge is 2.29. The average Bonchev–Trinajstić information content (AvgIpc) is 2.79. The van der Waals surface area contributed by atoms with Crippen molar-refractivity contribution in [1.82, 2.24) is 0 Å². The maximum absolute atomic E-state index is 2.47. The molecule has 0 spiro atoms. The van der Waals surface area contributed by atoms with E-state index in [1.807, 2.05) is 0 Å². The van der Waals surface area contributed by atoms with Crippen LogP contribution in [-0.2, 0) is 0 Å². The molecule has 1 atom stereocenters. The molecule has 1 unspecified atom stereocenters. The van der Waals surface area contributed by atoms with Gasteiger partial charge in [0.15, 0.2) is 0 Å². The van der Waals surface area contributed by atoms with E-state index < -0.39 is 0 Å². The van der Waals surface area contributed by atoms with Gasteiger partial charge in [0, 0.05) is 0 Å². The van der Waals surface area contributed by atoms with Crippen molar-refractivity contribution in [2.45, 2.75) is 78.1 Å². The van der Waals surface area contributed by atoms with Crippen LogP contribution in [0.4, 0.5) is 0 Å². The number of hydrogen-bond donors (Lipinski definition) is 0. The average molecular weight is 222 g/mol. The molecule has 0 radical (unpaired) electrons. The molecule has 0 heterocycles. The van der Waals surface area contributed by atoms with Gasteiger partial charge in [-0.15, -0.1) is 0 Å². The predicted octanol–water partition coefficient (Wildman–Crippen LogP) is 5.42. The van der Waals surface area contributed by atoms with Crippen molar-refractivity contribution in [3.05, 3.63) is 0 Å². The summed E-state index contributed by atoms with van der Waals surface area (Å²) in [7, 11) is 0. The molecule has 2 fully saturated rings. The van der Waals surface area contributed by atoms with E-state index in [4.69, 9.17) is 0 Å². The molecule has 0 saturated heterocycles. The standard InChI is InChI=1S/C16H30/c1-13(2)16(12-14-8-6-7-9-14)15-10-4-3-5-11-15/h13-16H,3-12H2,1-2H3. The molecule has 0 aromatic rings. The van der Waals surface area contributed by atoms with Crippen LogP contribution in [0.15, 0.2) is 0 Å². The first-order valence-corrected chi connectivity index (χ1v) is 7.77. The van der Waals surface area contributed by atoms with Gasteiger partial charge in [-0.25, -0.2) is 0 Å². The molecule has 94 valence electrons. The maximum atomic E-state index is 2.47. The lowest BCUT2D eigenvalue weighted by Gasteiger charge is -2.34. The minimum Gasteiger partial charge on any atom is -0.0625 e. The minimum atomic E-state index is 0.920. The van der Waals surface area contributed by atoms with E-state index in [9.17, 15) is 0 Å². The molecule has 0 N–H and O–H groups in total. The number of hydrogen-bond acceptors (Lipinski definition) is 0. The molecular formula is C16H30. The maximum Gasteiger partial charge on any atom is -0.0360 e. The lowest BCUT2D eigenvalue weighted by molar-refractivity contribution is 0.162. The van der Waals surface area contributed by atoms with Gasteiger partial charge < -0.3 is 0 Å². The van der Waals surface area contributed by atoms with Crippen LogP contribution in [0.1, 0.15) is 78.1 Å². The Labute approximate surface area is 102 Å². The van der Waals surface area contributed by atoms with Crippen molar-refractivity contribution in [1.29, 1.82) is 0 Å². The highest BCUT2D eigenvalue weighted by Crippen LogP contribution is 2.40. The summed E-state index contributed by atoms with van der Waals surface area (Å²) in [5.74, 6) is 4.13. The van der Waals surface area contributed by atoms with Crippen molar-refractivity contribution < 1.29 is 0 Å². The topological polar surface area (TPSA) is 0 Å². The third-order valence-electron chi connectivity index (χ3n) is 5.19. The summed E-state index contributed by atoms with van der Waals surface area (Å²) in [4.78, 5) is 0. The lowest BCUT2D eigenvalue weighted by Crippen LogP contribution is -2.24. The lowest BCUT2D eigenvalue weighted by atomic mass is 9.71. The first kappa shape index (κ1) is 12.5. The highest BCUT2D eigenvalue weighted by atomic mass is 14.3. The molecule has 0 heteroatoms. The van der Waals surface area contributed by atoms with E-state index in [0.717, 1.165) is 23.7 Å².